The van der Waals surface area contributed by atoms with Gasteiger partial charge in [-0.25, -0.2) is 0 Å². The average Bonchev–Trinajstić information content (AvgIpc) is 2.17. The second-order valence-corrected chi connectivity index (χ2v) is 4.61. The Labute approximate surface area is 91.9 Å². The zero-order valence-electron chi connectivity index (χ0n) is 11.5. The summed E-state index contributed by atoms with van der Waals surface area (Å²) in [6, 6.07) is 0. The predicted octanol–water partition coefficient (Wildman–Crippen LogP) is 4.18. The van der Waals surface area contributed by atoms with E-state index < -0.39 is 0 Å². The molecular weight excluding hydrogens is 170 g/mol. The maximum atomic E-state index is 2.45. The maximum Gasteiger partial charge on any atom is 0.00295 e. The second kappa shape index (κ2) is 9.51. The standard InChI is InChI=1S/C11H25N.C2H6/c1-6-8-9-12(5)10-11(3,4)7-2;1-2/h6-10H2,1-5H3;1-2H3. The van der Waals surface area contributed by atoms with Crippen LogP contribution < -0.4 is 0 Å². The van der Waals surface area contributed by atoms with Crippen molar-refractivity contribution in [2.24, 2.45) is 5.41 Å². The van der Waals surface area contributed by atoms with Crippen LogP contribution in [0.1, 0.15) is 60.8 Å². The van der Waals surface area contributed by atoms with E-state index in [1.54, 1.807) is 0 Å². The molecule has 0 aromatic rings. The first-order chi connectivity index (χ1) is 6.52. The second-order valence-electron chi connectivity index (χ2n) is 4.61. The summed E-state index contributed by atoms with van der Waals surface area (Å²) < 4.78 is 0. The molecule has 0 fully saturated rings. The minimum Gasteiger partial charge on any atom is -0.306 e. The molecule has 1 heteroatoms. The first-order valence-electron chi connectivity index (χ1n) is 6.20. The van der Waals surface area contributed by atoms with Crippen molar-refractivity contribution in [3.8, 4) is 0 Å². The van der Waals surface area contributed by atoms with Crippen LogP contribution in [-0.4, -0.2) is 25.0 Å². The van der Waals surface area contributed by atoms with Crippen LogP contribution in [0.25, 0.3) is 0 Å². The Balaban J connectivity index is 0. The van der Waals surface area contributed by atoms with Gasteiger partial charge in [-0.05, 0) is 31.8 Å². The first kappa shape index (κ1) is 16.4. The number of hydrogen-bond donors (Lipinski definition) is 0. The van der Waals surface area contributed by atoms with Crippen molar-refractivity contribution in [3.63, 3.8) is 0 Å². The molecule has 0 saturated heterocycles. The molecule has 0 bridgehead atoms. The monoisotopic (exact) mass is 201 g/mol. The Bertz CT molecular complexity index is 108. The molecule has 0 rings (SSSR count). The van der Waals surface area contributed by atoms with Crippen molar-refractivity contribution in [2.45, 2.75) is 60.8 Å². The van der Waals surface area contributed by atoms with Crippen molar-refractivity contribution in [1.29, 1.82) is 0 Å². The highest BCUT2D eigenvalue weighted by molar-refractivity contribution is 4.70. The van der Waals surface area contributed by atoms with Gasteiger partial charge in [-0.2, -0.15) is 0 Å². The fourth-order valence-electron chi connectivity index (χ4n) is 1.35. The minimum atomic E-state index is 0.489. The van der Waals surface area contributed by atoms with Crippen molar-refractivity contribution in [2.75, 3.05) is 20.1 Å². The molecule has 0 heterocycles. The van der Waals surface area contributed by atoms with Gasteiger partial charge in [-0.1, -0.05) is 48.0 Å². The molecule has 0 amide bonds. The Morgan fingerprint density at radius 2 is 1.57 bits per heavy atom. The highest BCUT2D eigenvalue weighted by Crippen LogP contribution is 2.20. The fraction of sp³-hybridized carbons (Fsp3) is 1.00. The summed E-state index contributed by atoms with van der Waals surface area (Å²) in [6.45, 7) is 15.7. The topological polar surface area (TPSA) is 3.24 Å². The van der Waals surface area contributed by atoms with Crippen LogP contribution in [0.5, 0.6) is 0 Å². The Morgan fingerprint density at radius 3 is 1.93 bits per heavy atom. The molecule has 0 spiro atoms. The largest absolute Gasteiger partial charge is 0.306 e. The summed E-state index contributed by atoms with van der Waals surface area (Å²) >= 11 is 0. The van der Waals surface area contributed by atoms with Crippen LogP contribution in [0.3, 0.4) is 0 Å². The Hall–Kier alpha value is -0.0400. The summed E-state index contributed by atoms with van der Waals surface area (Å²) in [5.74, 6) is 0. The van der Waals surface area contributed by atoms with E-state index >= 15 is 0 Å². The molecular formula is C13H31N. The third-order valence-corrected chi connectivity index (χ3v) is 2.55. The van der Waals surface area contributed by atoms with Gasteiger partial charge in [0.05, 0.1) is 0 Å². The minimum absolute atomic E-state index is 0.489. The lowest BCUT2D eigenvalue weighted by molar-refractivity contribution is 0.202. The summed E-state index contributed by atoms with van der Waals surface area (Å²) in [6.07, 6.45) is 3.90. The van der Waals surface area contributed by atoms with Crippen LogP contribution >= 0.6 is 0 Å². The van der Waals surface area contributed by atoms with Crippen molar-refractivity contribution in [3.05, 3.63) is 0 Å². The normalized spacial score (nSPS) is 11.1. The lowest BCUT2D eigenvalue weighted by Crippen LogP contribution is -2.31. The molecule has 1 nitrogen and oxygen atoms in total. The van der Waals surface area contributed by atoms with Crippen molar-refractivity contribution >= 4 is 0 Å². The lowest BCUT2D eigenvalue weighted by atomic mass is 9.90. The molecule has 0 aromatic heterocycles. The number of nitrogens with zero attached hydrogens (tertiary/aromatic N) is 1. The van der Waals surface area contributed by atoms with Crippen LogP contribution in [0.4, 0.5) is 0 Å². The first-order valence-corrected chi connectivity index (χ1v) is 6.20. The molecule has 88 valence electrons. The lowest BCUT2D eigenvalue weighted by Gasteiger charge is -2.29. The molecule has 0 atom stereocenters. The molecule has 0 radical (unpaired) electrons. The molecule has 0 saturated carbocycles. The van der Waals surface area contributed by atoms with Gasteiger partial charge in [0.2, 0.25) is 0 Å². The zero-order chi connectivity index (χ0) is 11.6. The smallest absolute Gasteiger partial charge is 0.00295 e. The third kappa shape index (κ3) is 10.0. The number of rotatable bonds is 6. The Morgan fingerprint density at radius 1 is 1.07 bits per heavy atom. The van der Waals surface area contributed by atoms with Crippen molar-refractivity contribution in [1.82, 2.24) is 4.90 Å². The molecule has 0 aliphatic carbocycles. The van der Waals surface area contributed by atoms with E-state index in [1.165, 1.54) is 32.4 Å². The number of unbranched alkanes of at least 4 members (excludes halogenated alkanes) is 1. The van der Waals surface area contributed by atoms with E-state index in [0.29, 0.717) is 5.41 Å². The SMILES string of the molecule is CC.CCCCN(C)CC(C)(C)CC. The van der Waals surface area contributed by atoms with Gasteiger partial charge in [0.25, 0.3) is 0 Å². The van der Waals surface area contributed by atoms with E-state index in [2.05, 4.69) is 39.6 Å². The quantitative estimate of drug-likeness (QED) is 0.623. The van der Waals surface area contributed by atoms with Gasteiger partial charge in [0, 0.05) is 6.54 Å². The third-order valence-electron chi connectivity index (χ3n) is 2.55. The molecule has 14 heavy (non-hydrogen) atoms. The zero-order valence-corrected chi connectivity index (χ0v) is 11.5. The molecule has 0 aromatic carbocycles. The van der Waals surface area contributed by atoms with E-state index in [1.807, 2.05) is 13.8 Å². The van der Waals surface area contributed by atoms with Gasteiger partial charge in [-0.3, -0.25) is 0 Å². The van der Waals surface area contributed by atoms with Crippen LogP contribution in [0.15, 0.2) is 0 Å². The van der Waals surface area contributed by atoms with Gasteiger partial charge in [-0.15, -0.1) is 0 Å². The van der Waals surface area contributed by atoms with Gasteiger partial charge >= 0.3 is 0 Å². The van der Waals surface area contributed by atoms with E-state index in [0.717, 1.165) is 0 Å². The average molecular weight is 201 g/mol. The van der Waals surface area contributed by atoms with Gasteiger partial charge in [0.1, 0.15) is 0 Å². The highest BCUT2D eigenvalue weighted by Gasteiger charge is 2.16. The van der Waals surface area contributed by atoms with Crippen LogP contribution in [-0.2, 0) is 0 Å². The Kier molecular flexibility index (Phi) is 11.1. The van der Waals surface area contributed by atoms with Gasteiger partial charge in [0.15, 0.2) is 0 Å². The predicted molar refractivity (Wildman–Crippen MR) is 67.8 cm³/mol. The highest BCUT2D eigenvalue weighted by atomic mass is 15.1. The van der Waals surface area contributed by atoms with Gasteiger partial charge < -0.3 is 4.90 Å². The van der Waals surface area contributed by atoms with E-state index in [-0.39, 0.29) is 0 Å². The molecule has 0 unspecified atom stereocenters. The summed E-state index contributed by atoms with van der Waals surface area (Å²) in [4.78, 5) is 2.45. The summed E-state index contributed by atoms with van der Waals surface area (Å²) in [7, 11) is 2.23. The molecule has 0 aliphatic rings. The summed E-state index contributed by atoms with van der Waals surface area (Å²) in [5, 5.41) is 0. The fourth-order valence-corrected chi connectivity index (χ4v) is 1.35. The molecule has 0 N–H and O–H groups in total. The van der Waals surface area contributed by atoms with Crippen molar-refractivity contribution < 1.29 is 0 Å². The van der Waals surface area contributed by atoms with E-state index in [4.69, 9.17) is 0 Å². The van der Waals surface area contributed by atoms with Crippen LogP contribution in [0, 0.1) is 5.41 Å². The molecule has 0 aliphatic heterocycles. The van der Waals surface area contributed by atoms with E-state index in [9.17, 15) is 0 Å². The summed E-state index contributed by atoms with van der Waals surface area (Å²) in [5.41, 5.74) is 0.489. The maximum absolute atomic E-state index is 2.45. The van der Waals surface area contributed by atoms with Crippen LogP contribution in [0.2, 0.25) is 0 Å². The number of hydrogen-bond acceptors (Lipinski definition) is 1.